The van der Waals surface area contributed by atoms with E-state index in [4.69, 9.17) is 57.2 Å². The van der Waals surface area contributed by atoms with Crippen LogP contribution in [0.5, 0.6) is 0 Å². The van der Waals surface area contributed by atoms with Crippen LogP contribution in [0, 0.1) is 0 Å². The van der Waals surface area contributed by atoms with Crippen molar-refractivity contribution in [1.29, 1.82) is 0 Å². The number of carbonyl (C=O) groups excluding carboxylic acids is 1. The van der Waals surface area contributed by atoms with E-state index < -0.39 is 5.97 Å². The van der Waals surface area contributed by atoms with E-state index in [2.05, 4.69) is 4.74 Å². The SMILES string of the molecule is COC(=O)CCOCCOCCOCCOCCOCCOCCOCCOCCOCCOCCOCCC(=O)O. The Morgan fingerprint density at radius 2 is 0.548 bits per heavy atom. The van der Waals surface area contributed by atoms with Gasteiger partial charge in [-0.1, -0.05) is 0 Å². The van der Waals surface area contributed by atoms with E-state index in [1.54, 1.807) is 0 Å². The normalized spacial score (nSPS) is 11.3. The standard InChI is InChI=1S/C27H52O15/c1-31-27(30)3-5-33-7-9-35-11-13-37-15-17-39-19-21-41-23-25-42-24-22-40-20-18-38-16-14-36-12-10-34-8-6-32-4-2-26(28)29/h2-25H2,1H3,(H,28,29). The van der Waals surface area contributed by atoms with Gasteiger partial charge in [0.05, 0.1) is 165 Å². The molecule has 250 valence electrons. The van der Waals surface area contributed by atoms with Gasteiger partial charge in [-0.3, -0.25) is 9.59 Å². The third-order valence-electron chi connectivity index (χ3n) is 4.86. The predicted molar refractivity (Wildman–Crippen MR) is 148 cm³/mol. The lowest BCUT2D eigenvalue weighted by Crippen LogP contribution is -2.15. The number of carboxylic acids is 1. The van der Waals surface area contributed by atoms with Crippen molar-refractivity contribution in [1.82, 2.24) is 0 Å². The van der Waals surface area contributed by atoms with Crippen LogP contribution in [-0.4, -0.2) is 170 Å². The second-order valence-electron chi connectivity index (χ2n) is 8.21. The Bertz CT molecular complexity index is 568. The van der Waals surface area contributed by atoms with Crippen LogP contribution in [0.15, 0.2) is 0 Å². The van der Waals surface area contributed by atoms with E-state index in [0.29, 0.717) is 139 Å². The first-order valence-corrected chi connectivity index (χ1v) is 14.3. The fourth-order valence-electron chi connectivity index (χ4n) is 2.72. The van der Waals surface area contributed by atoms with E-state index in [9.17, 15) is 9.59 Å². The zero-order valence-electron chi connectivity index (χ0n) is 25.1. The molecule has 0 aromatic heterocycles. The van der Waals surface area contributed by atoms with Crippen molar-refractivity contribution < 1.29 is 71.5 Å². The average molecular weight is 617 g/mol. The van der Waals surface area contributed by atoms with E-state index in [0.717, 1.165) is 0 Å². The lowest BCUT2D eigenvalue weighted by Gasteiger charge is -2.09. The molecule has 0 heterocycles. The Morgan fingerprint density at radius 1 is 0.357 bits per heavy atom. The highest BCUT2D eigenvalue weighted by Crippen LogP contribution is 1.89. The van der Waals surface area contributed by atoms with Gasteiger partial charge in [0, 0.05) is 0 Å². The van der Waals surface area contributed by atoms with Gasteiger partial charge >= 0.3 is 11.9 Å². The molecule has 15 heteroatoms. The Morgan fingerprint density at radius 3 is 0.738 bits per heavy atom. The van der Waals surface area contributed by atoms with Gasteiger partial charge in [0.1, 0.15) is 0 Å². The van der Waals surface area contributed by atoms with Crippen molar-refractivity contribution in [2.24, 2.45) is 0 Å². The number of carbonyl (C=O) groups is 2. The number of carboxylic acid groups (broad SMARTS) is 1. The molecule has 0 aromatic carbocycles. The third-order valence-corrected chi connectivity index (χ3v) is 4.86. The molecule has 0 aliphatic rings. The van der Waals surface area contributed by atoms with E-state index in [1.165, 1.54) is 7.11 Å². The second-order valence-corrected chi connectivity index (χ2v) is 8.21. The summed E-state index contributed by atoms with van der Waals surface area (Å²) in [4.78, 5) is 21.2. The van der Waals surface area contributed by atoms with Crippen LogP contribution < -0.4 is 0 Å². The van der Waals surface area contributed by atoms with Crippen molar-refractivity contribution in [3.8, 4) is 0 Å². The summed E-state index contributed by atoms with van der Waals surface area (Å²) in [7, 11) is 1.35. The molecule has 0 atom stereocenters. The minimum absolute atomic E-state index is 0.00496. The summed E-state index contributed by atoms with van der Waals surface area (Å²) in [6.45, 7) is 9.75. The number of esters is 1. The van der Waals surface area contributed by atoms with E-state index in [-0.39, 0.29) is 25.4 Å². The molecule has 0 radical (unpaired) electrons. The number of hydrogen-bond donors (Lipinski definition) is 1. The molecule has 0 fully saturated rings. The lowest BCUT2D eigenvalue weighted by molar-refractivity contribution is -0.142. The van der Waals surface area contributed by atoms with Crippen LogP contribution in [0.2, 0.25) is 0 Å². The molecule has 0 aliphatic carbocycles. The lowest BCUT2D eigenvalue weighted by atomic mass is 10.5. The number of hydrogen-bond acceptors (Lipinski definition) is 14. The van der Waals surface area contributed by atoms with Crippen LogP contribution in [0.1, 0.15) is 12.8 Å². The van der Waals surface area contributed by atoms with Crippen LogP contribution in [-0.2, 0) is 66.4 Å². The first kappa shape index (κ1) is 40.5. The average Bonchev–Trinajstić information content (AvgIpc) is 2.98. The Kier molecular flexibility index (Phi) is 34.4. The molecule has 0 saturated heterocycles. The van der Waals surface area contributed by atoms with Gasteiger partial charge in [0.2, 0.25) is 0 Å². The van der Waals surface area contributed by atoms with Gasteiger partial charge in [-0.25, -0.2) is 0 Å². The molecule has 1 N–H and O–H groups in total. The minimum atomic E-state index is -0.877. The van der Waals surface area contributed by atoms with Gasteiger partial charge in [-0.2, -0.15) is 0 Å². The maximum absolute atomic E-state index is 10.9. The van der Waals surface area contributed by atoms with Gasteiger partial charge in [-0.15, -0.1) is 0 Å². The first-order chi connectivity index (χ1) is 20.7. The summed E-state index contributed by atoms with van der Waals surface area (Å²) in [5, 5.41) is 8.47. The van der Waals surface area contributed by atoms with E-state index >= 15 is 0 Å². The summed E-state index contributed by atoms with van der Waals surface area (Å²) >= 11 is 0. The monoisotopic (exact) mass is 616 g/mol. The Labute approximate surface area is 249 Å². The second kappa shape index (κ2) is 35.7. The zero-order valence-corrected chi connectivity index (χ0v) is 25.1. The summed E-state index contributed by atoms with van der Waals surface area (Å²) in [6.07, 6.45) is 0.235. The molecule has 0 aliphatic heterocycles. The Balaban J connectivity index is 3.05. The topological polar surface area (TPSA) is 165 Å². The quantitative estimate of drug-likeness (QED) is 0.0749. The molecule has 0 aromatic rings. The zero-order chi connectivity index (χ0) is 30.6. The number of methoxy groups -OCH3 is 1. The van der Waals surface area contributed by atoms with Gasteiger partial charge in [-0.05, 0) is 0 Å². The molecule has 0 spiro atoms. The van der Waals surface area contributed by atoms with Crippen molar-refractivity contribution in [3.05, 3.63) is 0 Å². The van der Waals surface area contributed by atoms with Crippen molar-refractivity contribution >= 4 is 11.9 Å². The fourth-order valence-corrected chi connectivity index (χ4v) is 2.72. The molecule has 42 heavy (non-hydrogen) atoms. The number of ether oxygens (including phenoxy) is 12. The van der Waals surface area contributed by atoms with Crippen molar-refractivity contribution in [2.45, 2.75) is 12.8 Å². The largest absolute Gasteiger partial charge is 0.481 e. The Hall–Kier alpha value is -1.50. The molecule has 0 saturated carbocycles. The van der Waals surface area contributed by atoms with Gasteiger partial charge < -0.3 is 61.9 Å². The summed E-state index contributed by atoms with van der Waals surface area (Å²) in [5.74, 6) is -1.17. The third kappa shape index (κ3) is 36.5. The highest BCUT2D eigenvalue weighted by Gasteiger charge is 2.00. The summed E-state index contributed by atoms with van der Waals surface area (Å²) < 4.78 is 63.5. The molecule has 0 unspecified atom stereocenters. The first-order valence-electron chi connectivity index (χ1n) is 14.3. The minimum Gasteiger partial charge on any atom is -0.481 e. The van der Waals surface area contributed by atoms with E-state index in [1.807, 2.05) is 0 Å². The van der Waals surface area contributed by atoms with Crippen LogP contribution >= 0.6 is 0 Å². The van der Waals surface area contributed by atoms with Crippen LogP contribution in [0.25, 0.3) is 0 Å². The fraction of sp³-hybridized carbons (Fsp3) is 0.926. The van der Waals surface area contributed by atoms with Gasteiger partial charge in [0.25, 0.3) is 0 Å². The molecular weight excluding hydrogens is 564 g/mol. The maximum atomic E-state index is 10.9. The summed E-state index contributed by atoms with van der Waals surface area (Å²) in [5.41, 5.74) is 0. The molecule has 15 nitrogen and oxygen atoms in total. The van der Waals surface area contributed by atoms with Crippen LogP contribution in [0.4, 0.5) is 0 Å². The smallest absolute Gasteiger partial charge is 0.307 e. The molecular formula is C27H52O15. The molecule has 0 bridgehead atoms. The highest BCUT2D eigenvalue weighted by atomic mass is 16.6. The summed E-state index contributed by atoms with van der Waals surface area (Å²) in [6, 6.07) is 0. The van der Waals surface area contributed by atoms with Gasteiger partial charge in [0.15, 0.2) is 0 Å². The molecule has 0 amide bonds. The maximum Gasteiger partial charge on any atom is 0.307 e. The predicted octanol–water partition coefficient (Wildman–Crippen LogP) is 0.207. The van der Waals surface area contributed by atoms with Crippen molar-refractivity contribution in [2.75, 3.05) is 152 Å². The number of aliphatic carboxylic acids is 1. The van der Waals surface area contributed by atoms with Crippen LogP contribution in [0.3, 0.4) is 0 Å². The molecule has 0 rings (SSSR count). The highest BCUT2D eigenvalue weighted by molar-refractivity contribution is 5.69. The number of rotatable bonds is 36. The van der Waals surface area contributed by atoms with Crippen molar-refractivity contribution in [3.63, 3.8) is 0 Å².